The highest BCUT2D eigenvalue weighted by molar-refractivity contribution is 5.95. The lowest BCUT2D eigenvalue weighted by Crippen LogP contribution is -2.49. The van der Waals surface area contributed by atoms with Crippen molar-refractivity contribution in [3.63, 3.8) is 0 Å². The van der Waals surface area contributed by atoms with E-state index in [2.05, 4.69) is 4.90 Å². The van der Waals surface area contributed by atoms with Gasteiger partial charge in [0.25, 0.3) is 11.8 Å². The third-order valence-corrected chi connectivity index (χ3v) is 4.50. The number of amides is 2. The van der Waals surface area contributed by atoms with Crippen LogP contribution in [0.3, 0.4) is 0 Å². The van der Waals surface area contributed by atoms with Gasteiger partial charge in [0.05, 0.1) is 0 Å². The molecule has 1 aliphatic rings. The number of nitrogens with one attached hydrogen (secondary N) is 1. The van der Waals surface area contributed by atoms with Gasteiger partial charge in [0, 0.05) is 49.2 Å². The van der Waals surface area contributed by atoms with Crippen molar-refractivity contribution < 1.29 is 14.8 Å². The Bertz CT molecular complexity index is 858. The number of piperazine rings is 1. The first-order valence-corrected chi connectivity index (χ1v) is 8.69. The summed E-state index contributed by atoms with van der Waals surface area (Å²) in [5.41, 5.74) is 10.4. The molecular formula is C20H22N4O3. The van der Waals surface area contributed by atoms with E-state index in [0.29, 0.717) is 37.4 Å². The molecule has 0 aliphatic carbocycles. The summed E-state index contributed by atoms with van der Waals surface area (Å²) in [6.45, 7) is 2.57. The Balaban J connectivity index is 1.68. The summed E-state index contributed by atoms with van der Waals surface area (Å²) >= 11 is 0. The molecule has 1 aliphatic heterocycles. The second-order valence-corrected chi connectivity index (χ2v) is 6.27. The molecule has 2 aromatic carbocycles. The summed E-state index contributed by atoms with van der Waals surface area (Å²) in [5.74, 6) is -0.600. The normalized spacial score (nSPS) is 14.4. The van der Waals surface area contributed by atoms with Crippen molar-refractivity contribution in [2.45, 2.75) is 0 Å². The summed E-state index contributed by atoms with van der Waals surface area (Å²) < 4.78 is 0. The number of nitrogens with zero attached hydrogens (tertiary/aromatic N) is 2. The van der Waals surface area contributed by atoms with Crippen molar-refractivity contribution in [3.8, 4) is 0 Å². The van der Waals surface area contributed by atoms with E-state index in [9.17, 15) is 9.59 Å². The maximum atomic E-state index is 12.6. The third-order valence-electron chi connectivity index (χ3n) is 4.50. The van der Waals surface area contributed by atoms with Gasteiger partial charge in [-0.25, -0.2) is 5.48 Å². The number of rotatable bonds is 4. The minimum absolute atomic E-state index is 0.0188. The Kier molecular flexibility index (Phi) is 5.73. The maximum Gasteiger partial charge on any atom is 0.267 e. The molecule has 1 saturated heterocycles. The molecule has 4 N–H and O–H groups in total. The molecule has 7 heteroatoms. The quantitative estimate of drug-likeness (QED) is 0.331. The van der Waals surface area contributed by atoms with Crippen LogP contribution in [0.4, 0.5) is 11.4 Å². The molecule has 1 heterocycles. The Morgan fingerprint density at radius 2 is 1.78 bits per heavy atom. The number of nitrogens with two attached hydrogens (primary N) is 1. The predicted octanol–water partition coefficient (Wildman–Crippen LogP) is 1.75. The number of anilines is 2. The standard InChI is InChI=1S/C20H22N4O3/c21-17-6-3-5-16(14-17)20(26)24-12-10-23(11-13-24)18-7-2-1-4-15(18)8-9-19(25)22-27/h1-9,14,27H,10-13,21H2,(H,22,25). The van der Waals surface area contributed by atoms with Crippen LogP contribution in [0.15, 0.2) is 54.6 Å². The molecule has 1 fully saturated rings. The lowest BCUT2D eigenvalue weighted by Gasteiger charge is -2.37. The lowest BCUT2D eigenvalue weighted by molar-refractivity contribution is -0.124. The first kappa shape index (κ1) is 18.5. The van der Waals surface area contributed by atoms with Crippen molar-refractivity contribution in [2.75, 3.05) is 36.8 Å². The Hall–Kier alpha value is -3.32. The summed E-state index contributed by atoms with van der Waals surface area (Å²) in [7, 11) is 0. The fraction of sp³-hybridized carbons (Fsp3) is 0.200. The second-order valence-electron chi connectivity index (χ2n) is 6.27. The van der Waals surface area contributed by atoms with Crippen LogP contribution in [-0.4, -0.2) is 48.1 Å². The van der Waals surface area contributed by atoms with E-state index in [1.54, 1.807) is 35.8 Å². The highest BCUT2D eigenvalue weighted by Gasteiger charge is 2.23. The molecule has 7 nitrogen and oxygen atoms in total. The van der Waals surface area contributed by atoms with E-state index in [1.807, 2.05) is 29.2 Å². The molecular weight excluding hydrogens is 344 g/mol. The van der Waals surface area contributed by atoms with Crippen LogP contribution >= 0.6 is 0 Å². The molecule has 0 radical (unpaired) electrons. The zero-order valence-corrected chi connectivity index (χ0v) is 14.8. The van der Waals surface area contributed by atoms with Crippen molar-refractivity contribution in [2.24, 2.45) is 0 Å². The molecule has 0 atom stereocenters. The zero-order valence-electron chi connectivity index (χ0n) is 14.8. The SMILES string of the molecule is Nc1cccc(C(=O)N2CCN(c3ccccc3C=CC(=O)NO)CC2)c1. The molecule has 140 valence electrons. The average Bonchev–Trinajstić information content (AvgIpc) is 2.72. The topological polar surface area (TPSA) is 98.9 Å². The van der Waals surface area contributed by atoms with Crippen molar-refractivity contribution in [1.29, 1.82) is 0 Å². The van der Waals surface area contributed by atoms with Gasteiger partial charge in [0.15, 0.2) is 0 Å². The van der Waals surface area contributed by atoms with E-state index >= 15 is 0 Å². The second kappa shape index (κ2) is 8.37. The van der Waals surface area contributed by atoms with E-state index in [0.717, 1.165) is 11.3 Å². The molecule has 0 spiro atoms. The van der Waals surface area contributed by atoms with E-state index in [-0.39, 0.29) is 5.91 Å². The maximum absolute atomic E-state index is 12.6. The van der Waals surface area contributed by atoms with Gasteiger partial charge in [-0.2, -0.15) is 0 Å². The first-order chi connectivity index (χ1) is 13.1. The number of carbonyl (C=O) groups excluding carboxylic acids is 2. The Morgan fingerprint density at radius 1 is 1.04 bits per heavy atom. The molecule has 2 amide bonds. The number of carbonyl (C=O) groups is 2. The summed E-state index contributed by atoms with van der Waals surface area (Å²) in [6.07, 6.45) is 2.93. The smallest absolute Gasteiger partial charge is 0.267 e. The van der Waals surface area contributed by atoms with Gasteiger partial charge in [-0.3, -0.25) is 14.8 Å². The number of hydrogen-bond donors (Lipinski definition) is 3. The van der Waals surface area contributed by atoms with Gasteiger partial charge in [0.1, 0.15) is 0 Å². The van der Waals surface area contributed by atoms with Crippen LogP contribution in [0.2, 0.25) is 0 Å². The highest BCUT2D eigenvalue weighted by Crippen LogP contribution is 2.23. The minimum Gasteiger partial charge on any atom is -0.399 e. The number of nitrogen functional groups attached to an aromatic ring is 1. The first-order valence-electron chi connectivity index (χ1n) is 8.69. The van der Waals surface area contributed by atoms with Crippen LogP contribution < -0.4 is 16.1 Å². The summed E-state index contributed by atoms with van der Waals surface area (Å²) in [4.78, 5) is 27.9. The van der Waals surface area contributed by atoms with Gasteiger partial charge < -0.3 is 15.5 Å². The fourth-order valence-electron chi connectivity index (χ4n) is 3.12. The predicted molar refractivity (Wildman–Crippen MR) is 104 cm³/mol. The van der Waals surface area contributed by atoms with Crippen LogP contribution in [0.5, 0.6) is 0 Å². The molecule has 27 heavy (non-hydrogen) atoms. The summed E-state index contributed by atoms with van der Waals surface area (Å²) in [6, 6.07) is 14.7. The molecule has 0 bridgehead atoms. The third kappa shape index (κ3) is 4.45. The van der Waals surface area contributed by atoms with Gasteiger partial charge in [0.2, 0.25) is 0 Å². The fourth-order valence-corrected chi connectivity index (χ4v) is 3.12. The Morgan fingerprint density at radius 3 is 2.48 bits per heavy atom. The van der Waals surface area contributed by atoms with Crippen LogP contribution in [0.25, 0.3) is 6.08 Å². The molecule has 3 rings (SSSR count). The van der Waals surface area contributed by atoms with Gasteiger partial charge in [-0.15, -0.1) is 0 Å². The molecule has 0 saturated carbocycles. The van der Waals surface area contributed by atoms with Crippen molar-refractivity contribution >= 4 is 29.3 Å². The average molecular weight is 366 g/mol. The number of benzene rings is 2. The van der Waals surface area contributed by atoms with Crippen LogP contribution in [0.1, 0.15) is 15.9 Å². The number of para-hydroxylation sites is 1. The zero-order chi connectivity index (χ0) is 19.2. The van der Waals surface area contributed by atoms with Crippen LogP contribution in [0, 0.1) is 0 Å². The largest absolute Gasteiger partial charge is 0.399 e. The Labute approximate surface area is 157 Å². The highest BCUT2D eigenvalue weighted by atomic mass is 16.5. The minimum atomic E-state index is -0.581. The molecule has 2 aromatic rings. The molecule has 0 unspecified atom stereocenters. The molecule has 0 aromatic heterocycles. The summed E-state index contributed by atoms with van der Waals surface area (Å²) in [5, 5.41) is 8.62. The number of hydroxylamine groups is 1. The van der Waals surface area contributed by atoms with E-state index in [4.69, 9.17) is 10.9 Å². The lowest BCUT2D eigenvalue weighted by atomic mass is 10.1. The van der Waals surface area contributed by atoms with Crippen molar-refractivity contribution in [1.82, 2.24) is 10.4 Å². The van der Waals surface area contributed by atoms with Gasteiger partial charge in [-0.1, -0.05) is 24.3 Å². The van der Waals surface area contributed by atoms with Gasteiger partial charge in [-0.05, 0) is 35.9 Å². The van der Waals surface area contributed by atoms with Crippen LogP contribution in [-0.2, 0) is 4.79 Å². The van der Waals surface area contributed by atoms with Crippen molar-refractivity contribution in [3.05, 3.63) is 65.7 Å². The van der Waals surface area contributed by atoms with Gasteiger partial charge >= 0.3 is 0 Å². The monoisotopic (exact) mass is 366 g/mol. The van der Waals surface area contributed by atoms with E-state index < -0.39 is 5.91 Å². The number of hydrogen-bond acceptors (Lipinski definition) is 5. The van der Waals surface area contributed by atoms with E-state index in [1.165, 1.54) is 6.08 Å².